The molecule has 23 heavy (non-hydrogen) atoms. The number of amides is 1. The third kappa shape index (κ3) is 7.64. The molecule has 1 heterocycles. The lowest BCUT2D eigenvalue weighted by atomic mass is 9.94. The molecule has 1 saturated carbocycles. The lowest BCUT2D eigenvalue weighted by Crippen LogP contribution is -2.43. The van der Waals surface area contributed by atoms with Crippen molar-refractivity contribution in [1.29, 1.82) is 0 Å². The van der Waals surface area contributed by atoms with E-state index in [1.807, 2.05) is 0 Å². The summed E-state index contributed by atoms with van der Waals surface area (Å²) >= 11 is 0. The fourth-order valence-corrected chi connectivity index (χ4v) is 3.61. The third-order valence-corrected chi connectivity index (χ3v) is 5.18. The maximum atomic E-state index is 11.9. The van der Waals surface area contributed by atoms with Crippen molar-refractivity contribution in [3.05, 3.63) is 0 Å². The van der Waals surface area contributed by atoms with E-state index in [0.29, 0.717) is 6.54 Å². The molecule has 0 bridgehead atoms. The van der Waals surface area contributed by atoms with Crippen molar-refractivity contribution in [3.63, 3.8) is 0 Å². The highest BCUT2D eigenvalue weighted by Crippen LogP contribution is 2.21. The predicted molar refractivity (Wildman–Crippen MR) is 93.6 cm³/mol. The van der Waals surface area contributed by atoms with Gasteiger partial charge in [0.2, 0.25) is 5.91 Å². The van der Waals surface area contributed by atoms with Gasteiger partial charge in [0, 0.05) is 25.7 Å². The zero-order chi connectivity index (χ0) is 16.3. The molecule has 1 saturated heterocycles. The number of unbranched alkanes of at least 4 members (excludes halogenated alkanes) is 2. The van der Waals surface area contributed by atoms with Crippen molar-refractivity contribution in [2.75, 3.05) is 53.0 Å². The Morgan fingerprint density at radius 2 is 1.87 bits per heavy atom. The summed E-state index contributed by atoms with van der Waals surface area (Å²) < 4.78 is 5.29. The molecule has 0 atom stereocenters. The second kappa shape index (κ2) is 11.0. The number of nitrogens with one attached hydrogen (secondary N) is 1. The minimum Gasteiger partial charge on any atom is -0.379 e. The van der Waals surface area contributed by atoms with Gasteiger partial charge in [-0.3, -0.25) is 9.69 Å². The van der Waals surface area contributed by atoms with E-state index in [1.165, 1.54) is 51.5 Å². The molecule has 2 rings (SSSR count). The standard InChI is InChI=1S/C18H35N3O2/c1-20(17-8-4-2-5-9-17)11-7-3-6-10-19-18(22)16-21-12-14-23-15-13-21/h17H,2-16H2,1H3,(H,19,22). The summed E-state index contributed by atoms with van der Waals surface area (Å²) in [6.45, 7) is 5.79. The summed E-state index contributed by atoms with van der Waals surface area (Å²) in [6, 6.07) is 0.817. The molecule has 1 N–H and O–H groups in total. The molecule has 1 amide bonds. The van der Waals surface area contributed by atoms with Crippen LogP contribution in [0.25, 0.3) is 0 Å². The van der Waals surface area contributed by atoms with E-state index in [2.05, 4.69) is 22.2 Å². The Morgan fingerprint density at radius 3 is 2.61 bits per heavy atom. The van der Waals surface area contributed by atoms with Crippen LogP contribution in [0.5, 0.6) is 0 Å². The van der Waals surface area contributed by atoms with Crippen molar-refractivity contribution in [1.82, 2.24) is 15.1 Å². The molecule has 0 spiro atoms. The molecule has 0 radical (unpaired) electrons. The Morgan fingerprint density at radius 1 is 1.13 bits per heavy atom. The second-order valence-electron chi connectivity index (χ2n) is 7.07. The van der Waals surface area contributed by atoms with E-state index in [-0.39, 0.29) is 5.91 Å². The van der Waals surface area contributed by atoms with Gasteiger partial charge in [-0.25, -0.2) is 0 Å². The Labute approximate surface area is 141 Å². The summed E-state index contributed by atoms with van der Waals surface area (Å²) in [5, 5.41) is 3.05. The first-order chi connectivity index (χ1) is 11.3. The quantitative estimate of drug-likeness (QED) is 0.657. The van der Waals surface area contributed by atoms with Gasteiger partial charge in [0.25, 0.3) is 0 Å². The van der Waals surface area contributed by atoms with Crippen LogP contribution in [0.15, 0.2) is 0 Å². The molecule has 2 aliphatic rings. The molecule has 2 fully saturated rings. The van der Waals surface area contributed by atoms with Crippen molar-refractivity contribution >= 4 is 5.91 Å². The summed E-state index contributed by atoms with van der Waals surface area (Å²) in [5.41, 5.74) is 0. The number of morpholine rings is 1. The minimum atomic E-state index is 0.159. The summed E-state index contributed by atoms with van der Waals surface area (Å²) in [6.07, 6.45) is 10.5. The molecule has 5 nitrogen and oxygen atoms in total. The van der Waals surface area contributed by atoms with Crippen LogP contribution in [-0.4, -0.2) is 74.7 Å². The van der Waals surface area contributed by atoms with E-state index in [1.54, 1.807) is 0 Å². The lowest BCUT2D eigenvalue weighted by Gasteiger charge is -2.31. The van der Waals surface area contributed by atoms with Gasteiger partial charge < -0.3 is 15.0 Å². The van der Waals surface area contributed by atoms with Gasteiger partial charge in [-0.2, -0.15) is 0 Å². The molecule has 5 heteroatoms. The summed E-state index contributed by atoms with van der Waals surface area (Å²) in [7, 11) is 2.28. The molecule has 1 aliphatic carbocycles. The SMILES string of the molecule is CN(CCCCCNC(=O)CN1CCOCC1)C1CCCCC1. The fraction of sp³-hybridized carbons (Fsp3) is 0.944. The number of ether oxygens (including phenoxy) is 1. The van der Waals surface area contributed by atoms with E-state index in [4.69, 9.17) is 4.74 Å². The molecule has 0 aromatic rings. The van der Waals surface area contributed by atoms with Crippen molar-refractivity contribution < 1.29 is 9.53 Å². The highest BCUT2D eigenvalue weighted by atomic mass is 16.5. The van der Waals surface area contributed by atoms with E-state index >= 15 is 0 Å². The van der Waals surface area contributed by atoms with Crippen molar-refractivity contribution in [2.45, 2.75) is 57.4 Å². The fourth-order valence-electron chi connectivity index (χ4n) is 3.61. The van der Waals surface area contributed by atoms with Gasteiger partial charge in [0.1, 0.15) is 0 Å². The van der Waals surface area contributed by atoms with Crippen LogP contribution in [0.1, 0.15) is 51.4 Å². The third-order valence-electron chi connectivity index (χ3n) is 5.18. The molecule has 0 aromatic carbocycles. The van der Waals surface area contributed by atoms with E-state index < -0.39 is 0 Å². The van der Waals surface area contributed by atoms with Gasteiger partial charge in [0.15, 0.2) is 0 Å². The first kappa shape index (κ1) is 18.7. The molecule has 0 aromatic heterocycles. The molecule has 0 unspecified atom stereocenters. The summed E-state index contributed by atoms with van der Waals surface area (Å²) in [5.74, 6) is 0.159. The average Bonchev–Trinajstić information content (AvgIpc) is 2.59. The van der Waals surface area contributed by atoms with Gasteiger partial charge >= 0.3 is 0 Å². The number of hydrogen-bond donors (Lipinski definition) is 1. The number of carbonyl (C=O) groups excluding carboxylic acids is 1. The average molecular weight is 325 g/mol. The van der Waals surface area contributed by atoms with Gasteiger partial charge in [-0.15, -0.1) is 0 Å². The van der Waals surface area contributed by atoms with Crippen LogP contribution in [-0.2, 0) is 9.53 Å². The summed E-state index contributed by atoms with van der Waals surface area (Å²) in [4.78, 5) is 16.6. The Kier molecular flexibility index (Phi) is 8.94. The monoisotopic (exact) mass is 325 g/mol. The maximum Gasteiger partial charge on any atom is 0.234 e. The number of rotatable bonds is 9. The largest absolute Gasteiger partial charge is 0.379 e. The molecule has 1 aliphatic heterocycles. The Balaban J connectivity index is 1.43. The highest BCUT2D eigenvalue weighted by molar-refractivity contribution is 5.77. The smallest absolute Gasteiger partial charge is 0.234 e. The zero-order valence-corrected chi connectivity index (χ0v) is 14.9. The zero-order valence-electron chi connectivity index (χ0n) is 14.9. The predicted octanol–water partition coefficient (Wildman–Crippen LogP) is 1.87. The highest BCUT2D eigenvalue weighted by Gasteiger charge is 2.17. The van der Waals surface area contributed by atoms with Crippen LogP contribution in [0.4, 0.5) is 0 Å². The van der Waals surface area contributed by atoms with Crippen molar-refractivity contribution in [2.24, 2.45) is 0 Å². The van der Waals surface area contributed by atoms with Crippen LogP contribution in [0.3, 0.4) is 0 Å². The topological polar surface area (TPSA) is 44.8 Å². The first-order valence-corrected chi connectivity index (χ1v) is 9.53. The van der Waals surface area contributed by atoms with Gasteiger partial charge in [-0.1, -0.05) is 25.7 Å². The lowest BCUT2D eigenvalue weighted by molar-refractivity contribution is -0.123. The number of nitrogens with zero attached hydrogens (tertiary/aromatic N) is 2. The Bertz CT molecular complexity index is 326. The number of carbonyl (C=O) groups is 1. The maximum absolute atomic E-state index is 11.9. The van der Waals surface area contributed by atoms with Crippen LogP contribution in [0.2, 0.25) is 0 Å². The Hall–Kier alpha value is -0.650. The van der Waals surface area contributed by atoms with Crippen LogP contribution >= 0.6 is 0 Å². The first-order valence-electron chi connectivity index (χ1n) is 9.53. The number of hydrogen-bond acceptors (Lipinski definition) is 4. The molecule has 134 valence electrons. The van der Waals surface area contributed by atoms with Gasteiger partial charge in [0.05, 0.1) is 19.8 Å². The van der Waals surface area contributed by atoms with Crippen LogP contribution < -0.4 is 5.32 Å². The molecular formula is C18H35N3O2. The van der Waals surface area contributed by atoms with E-state index in [9.17, 15) is 4.79 Å². The van der Waals surface area contributed by atoms with Crippen LogP contribution in [0, 0.1) is 0 Å². The molecular weight excluding hydrogens is 290 g/mol. The van der Waals surface area contributed by atoms with Crippen molar-refractivity contribution in [3.8, 4) is 0 Å². The van der Waals surface area contributed by atoms with Gasteiger partial charge in [-0.05, 0) is 39.3 Å². The normalized spacial score (nSPS) is 20.8. The minimum absolute atomic E-state index is 0.159. The van der Waals surface area contributed by atoms with E-state index in [0.717, 1.165) is 45.3 Å². The second-order valence-corrected chi connectivity index (χ2v) is 7.07.